The topological polar surface area (TPSA) is 136 Å². The van der Waals surface area contributed by atoms with E-state index in [1.807, 2.05) is 5.32 Å². The highest BCUT2D eigenvalue weighted by atomic mass is 35.5. The Balaban J connectivity index is 1.38. The van der Waals surface area contributed by atoms with Crippen LogP contribution in [0.5, 0.6) is 11.5 Å². The normalized spacial score (nSPS) is 20.2. The van der Waals surface area contributed by atoms with Crippen LogP contribution in [0.1, 0.15) is 63.7 Å². The van der Waals surface area contributed by atoms with Crippen LogP contribution in [-0.4, -0.2) is 64.8 Å². The monoisotopic (exact) mass is 659 g/mol. The second-order valence-electron chi connectivity index (χ2n) is 11.9. The van der Waals surface area contributed by atoms with E-state index in [9.17, 15) is 27.6 Å². The molecule has 0 saturated carbocycles. The van der Waals surface area contributed by atoms with Crippen LogP contribution in [0.2, 0.25) is 10.0 Å². The summed E-state index contributed by atoms with van der Waals surface area (Å²) in [6.07, 6.45) is -0.226. The van der Waals surface area contributed by atoms with E-state index in [2.05, 4.69) is 15.2 Å². The van der Waals surface area contributed by atoms with E-state index in [1.54, 1.807) is 19.9 Å². The number of nitrogens with two attached hydrogens (primary N) is 1. The summed E-state index contributed by atoms with van der Waals surface area (Å²) in [5.41, 5.74) is 2.72. The summed E-state index contributed by atoms with van der Waals surface area (Å²) in [4.78, 5) is 43.7. The van der Waals surface area contributed by atoms with E-state index in [-0.39, 0.29) is 51.1 Å². The number of benzene rings is 1. The van der Waals surface area contributed by atoms with Crippen LogP contribution in [0.4, 0.5) is 19.0 Å². The number of pyridine rings is 1. The number of hydrogen-bond acceptors (Lipinski definition) is 7. The number of carbonyl (C=O) groups is 3. The Morgan fingerprint density at radius 1 is 0.977 bits per heavy atom. The lowest BCUT2D eigenvalue weighted by Crippen LogP contribution is -2.55. The van der Waals surface area contributed by atoms with Crippen molar-refractivity contribution < 1.29 is 37.0 Å². The van der Waals surface area contributed by atoms with Crippen molar-refractivity contribution in [3.63, 3.8) is 0 Å². The number of piperidine rings is 1. The lowest BCUT2D eigenvalue weighted by Gasteiger charge is -2.41. The van der Waals surface area contributed by atoms with E-state index in [0.717, 1.165) is 12.8 Å². The fourth-order valence-corrected chi connectivity index (χ4v) is 5.76. The molecular weight excluding hydrogens is 626 g/mol. The van der Waals surface area contributed by atoms with Gasteiger partial charge in [-0.05, 0) is 71.6 Å². The zero-order valence-corrected chi connectivity index (χ0v) is 26.1. The van der Waals surface area contributed by atoms with E-state index in [1.165, 1.54) is 38.2 Å². The third-order valence-corrected chi connectivity index (χ3v) is 8.24. The molecule has 0 spiro atoms. The summed E-state index contributed by atoms with van der Waals surface area (Å²) in [5.74, 6) is -1.07. The van der Waals surface area contributed by atoms with Crippen LogP contribution >= 0.6 is 23.2 Å². The van der Waals surface area contributed by atoms with Gasteiger partial charge in [0.05, 0.1) is 15.6 Å². The fourth-order valence-electron chi connectivity index (χ4n) is 5.30. The van der Waals surface area contributed by atoms with Crippen molar-refractivity contribution in [2.24, 2.45) is 5.73 Å². The average molecular weight is 661 g/mol. The SMILES string of the molecule is CC(C)(Oc1cc(OC(C)(C)C(=O)NC2CC3CCC(C2)N3c2ccc(C(=O)NCC(F)(F)F)cn2)c(Cl)cc1Cl)C(N)=O. The number of nitrogens with one attached hydrogen (secondary N) is 2. The summed E-state index contributed by atoms with van der Waals surface area (Å²) in [7, 11) is 0. The number of hydrogen-bond donors (Lipinski definition) is 3. The molecule has 1 aromatic carbocycles. The predicted molar refractivity (Wildman–Crippen MR) is 158 cm³/mol. The number of halogens is 5. The third-order valence-electron chi connectivity index (χ3n) is 7.65. The van der Waals surface area contributed by atoms with Gasteiger partial charge in [-0.2, -0.15) is 13.2 Å². The van der Waals surface area contributed by atoms with Crippen LogP contribution in [0.25, 0.3) is 0 Å². The van der Waals surface area contributed by atoms with Crippen LogP contribution in [-0.2, 0) is 9.59 Å². The highest BCUT2D eigenvalue weighted by Gasteiger charge is 2.43. The van der Waals surface area contributed by atoms with E-state index < -0.39 is 35.7 Å². The first-order valence-electron chi connectivity index (χ1n) is 13.9. The van der Waals surface area contributed by atoms with Gasteiger partial charge in [0.15, 0.2) is 11.2 Å². The largest absolute Gasteiger partial charge is 0.476 e. The number of primary amides is 1. The van der Waals surface area contributed by atoms with Crippen molar-refractivity contribution in [2.75, 3.05) is 11.4 Å². The molecule has 4 rings (SSSR count). The van der Waals surface area contributed by atoms with E-state index >= 15 is 0 Å². The maximum atomic E-state index is 13.4. The van der Waals surface area contributed by atoms with Crippen molar-refractivity contribution >= 4 is 46.7 Å². The molecule has 3 amide bonds. The number of rotatable bonds is 10. The average Bonchev–Trinajstić information content (AvgIpc) is 3.19. The zero-order valence-electron chi connectivity index (χ0n) is 24.6. The molecule has 1 aromatic heterocycles. The molecule has 2 aliphatic heterocycles. The molecule has 3 heterocycles. The molecule has 2 aromatic rings. The van der Waals surface area contributed by atoms with Crippen molar-refractivity contribution in [1.29, 1.82) is 0 Å². The van der Waals surface area contributed by atoms with Crippen LogP contribution in [0.3, 0.4) is 0 Å². The first-order chi connectivity index (χ1) is 20.4. The maximum Gasteiger partial charge on any atom is 0.405 e. The Kier molecular flexibility index (Phi) is 9.51. The number of aromatic nitrogens is 1. The van der Waals surface area contributed by atoms with Crippen LogP contribution in [0, 0.1) is 0 Å². The molecule has 15 heteroatoms. The first-order valence-corrected chi connectivity index (χ1v) is 14.7. The molecule has 240 valence electrons. The Morgan fingerprint density at radius 3 is 2.05 bits per heavy atom. The van der Waals surface area contributed by atoms with Crippen molar-refractivity contribution in [3.05, 3.63) is 46.1 Å². The second kappa shape index (κ2) is 12.5. The van der Waals surface area contributed by atoms with Gasteiger partial charge < -0.3 is 30.7 Å². The molecular formula is C29H34Cl2F3N5O5. The summed E-state index contributed by atoms with van der Waals surface area (Å²) in [6, 6.07) is 5.86. The van der Waals surface area contributed by atoms with Gasteiger partial charge in [0, 0.05) is 30.4 Å². The highest BCUT2D eigenvalue weighted by Crippen LogP contribution is 2.40. The van der Waals surface area contributed by atoms with E-state index in [4.69, 9.17) is 38.4 Å². The number of alkyl halides is 3. The molecule has 2 bridgehead atoms. The molecule has 2 fully saturated rings. The zero-order chi connectivity index (χ0) is 32.6. The second-order valence-corrected chi connectivity index (χ2v) is 12.8. The lowest BCUT2D eigenvalue weighted by molar-refractivity contribution is -0.135. The van der Waals surface area contributed by atoms with Gasteiger partial charge in [-0.1, -0.05) is 23.2 Å². The highest BCUT2D eigenvalue weighted by molar-refractivity contribution is 6.36. The number of amides is 3. The maximum absolute atomic E-state index is 13.4. The summed E-state index contributed by atoms with van der Waals surface area (Å²) >= 11 is 12.6. The summed E-state index contributed by atoms with van der Waals surface area (Å²) in [5, 5.41) is 5.20. The van der Waals surface area contributed by atoms with Gasteiger partial charge in [0.2, 0.25) is 0 Å². The van der Waals surface area contributed by atoms with Crippen molar-refractivity contribution in [2.45, 2.75) is 88.9 Å². The number of ether oxygens (including phenoxy) is 2. The molecule has 0 aliphatic carbocycles. The van der Waals surface area contributed by atoms with Crippen LogP contribution in [0.15, 0.2) is 30.5 Å². The Bertz CT molecular complexity index is 1410. The van der Waals surface area contributed by atoms with Gasteiger partial charge >= 0.3 is 6.18 Å². The minimum Gasteiger partial charge on any atom is -0.476 e. The molecule has 2 atom stereocenters. The fraction of sp³-hybridized carbons (Fsp3) is 0.517. The standard InChI is InChI=1S/C29H34Cl2F3N5O5/c1-27(2,25(35)41)43-21-12-22(20(31)11-19(21)30)44-28(3,4)26(42)38-16-9-17-6-7-18(10-16)39(17)23-8-5-15(13-36-23)24(40)37-14-29(32,33)34/h5,8,11-13,16-18H,6-7,9-10,14H2,1-4H3,(H2,35,41)(H,37,40)(H,38,42). The molecule has 44 heavy (non-hydrogen) atoms. The molecule has 10 nitrogen and oxygen atoms in total. The summed E-state index contributed by atoms with van der Waals surface area (Å²) < 4.78 is 49.0. The minimum atomic E-state index is -4.50. The molecule has 4 N–H and O–H groups in total. The van der Waals surface area contributed by atoms with Gasteiger partial charge in [-0.25, -0.2) is 4.98 Å². The van der Waals surface area contributed by atoms with Crippen molar-refractivity contribution in [3.8, 4) is 11.5 Å². The van der Waals surface area contributed by atoms with Gasteiger partial charge in [0.1, 0.15) is 23.9 Å². The van der Waals surface area contributed by atoms with Gasteiger partial charge in [-0.3, -0.25) is 14.4 Å². The minimum absolute atomic E-state index is 0.0331. The first kappa shape index (κ1) is 33.4. The Morgan fingerprint density at radius 2 is 1.55 bits per heavy atom. The molecule has 2 unspecified atom stereocenters. The molecule has 2 aliphatic rings. The van der Waals surface area contributed by atoms with Gasteiger partial charge in [0.25, 0.3) is 17.7 Å². The van der Waals surface area contributed by atoms with Crippen LogP contribution < -0.4 is 30.7 Å². The number of nitrogens with zero attached hydrogens (tertiary/aromatic N) is 2. The summed E-state index contributed by atoms with van der Waals surface area (Å²) in [6.45, 7) is 4.75. The Labute approximate surface area is 262 Å². The lowest BCUT2D eigenvalue weighted by atomic mass is 9.96. The predicted octanol–water partition coefficient (Wildman–Crippen LogP) is 4.80. The Hall–Kier alpha value is -3.45. The quantitative estimate of drug-likeness (QED) is 0.333. The third kappa shape index (κ3) is 7.79. The number of carbonyl (C=O) groups excluding carboxylic acids is 3. The van der Waals surface area contributed by atoms with E-state index in [0.29, 0.717) is 18.7 Å². The molecule has 0 radical (unpaired) electrons. The van der Waals surface area contributed by atoms with Gasteiger partial charge in [-0.15, -0.1) is 0 Å². The number of fused-ring (bicyclic) bond motifs is 2. The van der Waals surface area contributed by atoms with Crippen molar-refractivity contribution in [1.82, 2.24) is 15.6 Å². The smallest absolute Gasteiger partial charge is 0.405 e. The molecule has 2 saturated heterocycles. The number of anilines is 1.